The number of aliphatic hydroxyl groups is 1. The van der Waals surface area contributed by atoms with Crippen molar-refractivity contribution >= 4 is 29.0 Å². The van der Waals surface area contributed by atoms with Gasteiger partial charge < -0.3 is 30.5 Å². The number of hydrogen-bond donors (Lipinski definition) is 4. The molecular weight excluding hydrogens is 494 g/mol. The van der Waals surface area contributed by atoms with Gasteiger partial charge in [-0.2, -0.15) is 0 Å². The molecule has 1 atom stereocenters. The number of amides is 1. The van der Waals surface area contributed by atoms with Crippen molar-refractivity contribution in [3.63, 3.8) is 0 Å². The molecule has 9 nitrogen and oxygen atoms in total. The largest absolute Gasteiger partial charge is 0.475 e. The number of ether oxygens (including phenoxy) is 2. The molecule has 1 aromatic heterocycles. The normalized spacial score (nSPS) is 19.6. The molecule has 0 radical (unpaired) electrons. The number of anilines is 3. The second-order valence-electron chi connectivity index (χ2n) is 10.9. The Labute approximate surface area is 227 Å². The number of aliphatic hydroxyl groups excluding tert-OH is 1. The van der Waals surface area contributed by atoms with E-state index < -0.39 is 5.54 Å². The summed E-state index contributed by atoms with van der Waals surface area (Å²) in [5, 5.41) is 20.2. The average Bonchev–Trinajstić information content (AvgIpc) is 3.44. The van der Waals surface area contributed by atoms with Crippen molar-refractivity contribution in [2.75, 3.05) is 37.1 Å². The van der Waals surface area contributed by atoms with Gasteiger partial charge in [-0.3, -0.25) is 4.79 Å². The Bertz CT molecular complexity index is 1420. The minimum atomic E-state index is -0.448. The second-order valence-corrected chi connectivity index (χ2v) is 10.9. The van der Waals surface area contributed by atoms with Crippen molar-refractivity contribution in [2.45, 2.75) is 43.8 Å². The molecule has 6 rings (SSSR count). The van der Waals surface area contributed by atoms with Gasteiger partial charge in [0.05, 0.1) is 29.4 Å². The molecule has 202 valence electrons. The van der Waals surface area contributed by atoms with E-state index in [2.05, 4.69) is 20.9 Å². The summed E-state index contributed by atoms with van der Waals surface area (Å²) in [5.41, 5.74) is 4.18. The molecule has 4 N–H and O–H groups in total. The Hall–Kier alpha value is -3.95. The predicted octanol–water partition coefficient (Wildman–Crippen LogP) is 4.28. The molecule has 3 aromatic rings. The van der Waals surface area contributed by atoms with Gasteiger partial charge in [-0.05, 0) is 56.0 Å². The summed E-state index contributed by atoms with van der Waals surface area (Å²) in [5.74, 6) is 1.10. The first-order valence-electron chi connectivity index (χ1n) is 13.3. The van der Waals surface area contributed by atoms with Gasteiger partial charge in [0.15, 0.2) is 0 Å². The van der Waals surface area contributed by atoms with Crippen LogP contribution in [0.5, 0.6) is 0 Å². The lowest BCUT2D eigenvalue weighted by molar-refractivity contribution is 0.0442. The first kappa shape index (κ1) is 25.3. The lowest BCUT2D eigenvalue weighted by Gasteiger charge is -2.28. The maximum atomic E-state index is 12.3. The highest BCUT2D eigenvalue weighted by Gasteiger charge is 2.39. The quantitative estimate of drug-likeness (QED) is 0.362. The number of benzene rings is 2. The summed E-state index contributed by atoms with van der Waals surface area (Å²) in [6.07, 6.45) is 3.40. The standard InChI is InChI=1S/C30H33N5O4/c1-29(2)23-14-20(8-9-21(23)27(37)34-29)32-26-15-24(33-25(17-36)19-6-4-3-5-7-19)22(16-31-26)28-35-30(18-39-28)10-12-38-13-11-30/h3-9,14-16,25,36H,10-13,17-18H2,1-2H3,(H,34,37)(H2,31,32,33)/t25-/m1/s1. The number of nitrogens with zero attached hydrogens (tertiary/aromatic N) is 2. The van der Waals surface area contributed by atoms with Gasteiger partial charge in [-0.25, -0.2) is 9.98 Å². The zero-order chi connectivity index (χ0) is 27.0. The third-order valence-electron chi connectivity index (χ3n) is 7.72. The van der Waals surface area contributed by atoms with Crippen molar-refractivity contribution < 1.29 is 19.4 Å². The highest BCUT2D eigenvalue weighted by molar-refractivity contribution is 6.01. The molecule has 1 fully saturated rings. The number of carbonyl (C=O) groups is 1. The lowest BCUT2D eigenvalue weighted by atomic mass is 9.92. The van der Waals surface area contributed by atoms with Crippen molar-refractivity contribution in [2.24, 2.45) is 4.99 Å². The first-order valence-corrected chi connectivity index (χ1v) is 13.3. The van der Waals surface area contributed by atoms with Crippen LogP contribution >= 0.6 is 0 Å². The van der Waals surface area contributed by atoms with E-state index in [0.717, 1.165) is 40.9 Å². The number of aromatic nitrogens is 1. The third kappa shape index (κ3) is 4.95. The second kappa shape index (κ2) is 9.98. The fourth-order valence-corrected chi connectivity index (χ4v) is 5.45. The van der Waals surface area contributed by atoms with Crippen LogP contribution in [-0.4, -0.2) is 53.9 Å². The summed E-state index contributed by atoms with van der Waals surface area (Å²) in [7, 11) is 0. The molecule has 1 saturated heterocycles. The Morgan fingerprint density at radius 2 is 1.87 bits per heavy atom. The van der Waals surface area contributed by atoms with Crippen molar-refractivity contribution in [3.8, 4) is 0 Å². The minimum Gasteiger partial charge on any atom is -0.475 e. The minimum absolute atomic E-state index is 0.0638. The van der Waals surface area contributed by atoms with Crippen LogP contribution in [0.25, 0.3) is 0 Å². The van der Waals surface area contributed by atoms with E-state index in [1.807, 2.05) is 68.4 Å². The number of rotatable bonds is 7. The molecule has 3 aliphatic rings. The molecule has 0 unspecified atom stereocenters. The first-order chi connectivity index (χ1) is 18.9. The van der Waals surface area contributed by atoms with Gasteiger partial charge in [0.25, 0.3) is 5.91 Å². The van der Waals surface area contributed by atoms with Crippen molar-refractivity contribution in [1.82, 2.24) is 10.3 Å². The summed E-state index contributed by atoms with van der Waals surface area (Å²) in [6, 6.07) is 17.1. The van der Waals surface area contributed by atoms with Crippen LogP contribution in [0.15, 0.2) is 65.8 Å². The Morgan fingerprint density at radius 3 is 2.64 bits per heavy atom. The number of aliphatic imine (C=N–C) groups is 1. The zero-order valence-electron chi connectivity index (χ0n) is 22.2. The predicted molar refractivity (Wildman–Crippen MR) is 150 cm³/mol. The molecule has 2 aromatic carbocycles. The number of carbonyl (C=O) groups excluding carboxylic acids is 1. The van der Waals surface area contributed by atoms with Crippen LogP contribution in [0.2, 0.25) is 0 Å². The monoisotopic (exact) mass is 527 g/mol. The molecule has 0 saturated carbocycles. The van der Waals surface area contributed by atoms with E-state index in [0.29, 0.717) is 37.1 Å². The zero-order valence-corrected chi connectivity index (χ0v) is 22.2. The summed E-state index contributed by atoms with van der Waals surface area (Å²) >= 11 is 0. The summed E-state index contributed by atoms with van der Waals surface area (Å²) in [6.45, 7) is 5.75. The van der Waals surface area contributed by atoms with E-state index in [1.54, 1.807) is 6.20 Å². The van der Waals surface area contributed by atoms with Gasteiger partial charge in [-0.15, -0.1) is 0 Å². The van der Waals surface area contributed by atoms with E-state index in [4.69, 9.17) is 14.5 Å². The number of fused-ring (bicyclic) bond motifs is 1. The van der Waals surface area contributed by atoms with Gasteiger partial charge >= 0.3 is 0 Å². The van der Waals surface area contributed by atoms with Crippen molar-refractivity contribution in [1.29, 1.82) is 0 Å². The van der Waals surface area contributed by atoms with Crippen LogP contribution in [0.1, 0.15) is 59.8 Å². The van der Waals surface area contributed by atoms with E-state index in [-0.39, 0.29) is 24.1 Å². The summed E-state index contributed by atoms with van der Waals surface area (Å²) in [4.78, 5) is 22.0. The van der Waals surface area contributed by atoms with E-state index in [9.17, 15) is 9.90 Å². The van der Waals surface area contributed by atoms with Gasteiger partial charge in [-0.1, -0.05) is 30.3 Å². The van der Waals surface area contributed by atoms with Crippen LogP contribution in [-0.2, 0) is 15.0 Å². The molecule has 39 heavy (non-hydrogen) atoms. The average molecular weight is 528 g/mol. The van der Waals surface area contributed by atoms with E-state index in [1.165, 1.54) is 0 Å². The molecule has 9 heteroatoms. The highest BCUT2D eigenvalue weighted by Crippen LogP contribution is 2.36. The van der Waals surface area contributed by atoms with Crippen LogP contribution in [0, 0.1) is 0 Å². The number of nitrogens with one attached hydrogen (secondary N) is 3. The Balaban J connectivity index is 1.34. The fourth-order valence-electron chi connectivity index (χ4n) is 5.45. The third-order valence-corrected chi connectivity index (χ3v) is 7.72. The topological polar surface area (TPSA) is 117 Å². The molecule has 0 aliphatic carbocycles. The SMILES string of the molecule is CC1(C)NC(=O)c2ccc(Nc3cc(N[C@H](CO)c4ccccc4)c(C4=NC5(CCOCC5)CO4)cn3)cc21. The van der Waals surface area contributed by atoms with Crippen LogP contribution in [0.3, 0.4) is 0 Å². The maximum Gasteiger partial charge on any atom is 0.252 e. The molecule has 3 aliphatic heterocycles. The van der Waals surface area contributed by atoms with Crippen LogP contribution < -0.4 is 16.0 Å². The lowest BCUT2D eigenvalue weighted by Crippen LogP contribution is -2.35. The highest BCUT2D eigenvalue weighted by atomic mass is 16.5. The Kier molecular flexibility index (Phi) is 6.48. The van der Waals surface area contributed by atoms with Crippen molar-refractivity contribution in [3.05, 3.63) is 83.0 Å². The van der Waals surface area contributed by atoms with Gasteiger partial charge in [0.1, 0.15) is 18.0 Å². The van der Waals surface area contributed by atoms with E-state index >= 15 is 0 Å². The summed E-state index contributed by atoms with van der Waals surface area (Å²) < 4.78 is 11.7. The van der Waals surface area contributed by atoms with Crippen LogP contribution in [0.4, 0.5) is 17.2 Å². The molecule has 1 spiro atoms. The number of pyridine rings is 1. The smallest absolute Gasteiger partial charge is 0.252 e. The Morgan fingerprint density at radius 1 is 1.08 bits per heavy atom. The number of hydrogen-bond acceptors (Lipinski definition) is 8. The maximum absolute atomic E-state index is 12.3. The van der Waals surface area contributed by atoms with Gasteiger partial charge in [0.2, 0.25) is 5.90 Å². The molecular formula is C30H33N5O4. The molecule has 0 bridgehead atoms. The van der Waals surface area contributed by atoms with Gasteiger partial charge in [0, 0.05) is 36.7 Å². The fraction of sp³-hybridized carbons (Fsp3) is 0.367. The molecule has 1 amide bonds. The molecule has 4 heterocycles.